The number of ether oxygens (including phenoxy) is 2. The highest BCUT2D eigenvalue weighted by molar-refractivity contribution is 5.99. The average Bonchev–Trinajstić information content (AvgIpc) is 2.46. The van der Waals surface area contributed by atoms with Crippen molar-refractivity contribution in [3.63, 3.8) is 0 Å². The van der Waals surface area contributed by atoms with Crippen LogP contribution in [-0.2, 0) is 9.47 Å². The lowest BCUT2D eigenvalue weighted by Crippen LogP contribution is -2.63. The van der Waals surface area contributed by atoms with Gasteiger partial charge in [0, 0.05) is 26.2 Å². The molecule has 1 aliphatic carbocycles. The second-order valence-corrected chi connectivity index (χ2v) is 5.08. The van der Waals surface area contributed by atoms with Crippen molar-refractivity contribution in [1.29, 1.82) is 0 Å². The van der Waals surface area contributed by atoms with Gasteiger partial charge in [-0.15, -0.1) is 0 Å². The number of methoxy groups -OCH3 is 2. The van der Waals surface area contributed by atoms with Gasteiger partial charge in [0.1, 0.15) is 0 Å². The average molecular weight is 276 g/mol. The Balaban J connectivity index is 2.32. The molecule has 1 aliphatic rings. The Kier molecular flexibility index (Phi) is 4.06. The third-order valence-corrected chi connectivity index (χ3v) is 3.71. The lowest BCUT2D eigenvalue weighted by Gasteiger charge is -2.42. The van der Waals surface area contributed by atoms with Crippen molar-refractivity contribution >= 4 is 5.78 Å². The number of Topliss-reactive ketones (excluding diaryl/α,β-unsaturated/α-hetero) is 1. The maximum Gasteiger partial charge on any atom is 0.190 e. The second-order valence-electron chi connectivity index (χ2n) is 5.08. The molecule has 0 saturated carbocycles. The molecule has 20 heavy (non-hydrogen) atoms. The van der Waals surface area contributed by atoms with E-state index in [1.165, 1.54) is 14.2 Å². The van der Waals surface area contributed by atoms with Gasteiger partial charge in [-0.25, -0.2) is 0 Å². The Morgan fingerprint density at radius 1 is 1.20 bits per heavy atom. The fourth-order valence-electron chi connectivity index (χ4n) is 2.49. The van der Waals surface area contributed by atoms with Crippen LogP contribution in [0.25, 0.3) is 0 Å². The Hall–Kier alpha value is -1.53. The summed E-state index contributed by atoms with van der Waals surface area (Å²) in [5.74, 6) is -1.69. The van der Waals surface area contributed by atoms with Gasteiger partial charge in [-0.3, -0.25) is 4.79 Å². The summed E-state index contributed by atoms with van der Waals surface area (Å²) in [5.41, 5.74) is 11.6. The summed E-state index contributed by atoms with van der Waals surface area (Å²) in [5, 5.41) is 0. The molecule has 1 unspecified atom stereocenters. The molecule has 1 atom stereocenters. The first-order valence-corrected chi connectivity index (χ1v) is 6.41. The first-order valence-electron chi connectivity index (χ1n) is 6.41. The molecule has 108 valence electrons. The zero-order chi connectivity index (χ0) is 14.8. The van der Waals surface area contributed by atoms with Gasteiger partial charge in [-0.05, 0) is 6.08 Å². The van der Waals surface area contributed by atoms with Crippen LogP contribution in [0, 0.1) is 5.92 Å². The van der Waals surface area contributed by atoms with Crippen molar-refractivity contribution in [1.82, 2.24) is 0 Å². The van der Waals surface area contributed by atoms with Gasteiger partial charge in [0.2, 0.25) is 0 Å². The molecule has 0 fully saturated rings. The highest BCUT2D eigenvalue weighted by atomic mass is 16.7. The number of rotatable bonds is 4. The van der Waals surface area contributed by atoms with Crippen LogP contribution in [-0.4, -0.2) is 31.5 Å². The Morgan fingerprint density at radius 2 is 1.80 bits per heavy atom. The van der Waals surface area contributed by atoms with Crippen LogP contribution in [0.2, 0.25) is 0 Å². The highest BCUT2D eigenvalue weighted by Gasteiger charge is 2.46. The van der Waals surface area contributed by atoms with E-state index in [1.54, 1.807) is 24.3 Å². The largest absolute Gasteiger partial charge is 0.350 e. The molecule has 0 radical (unpaired) electrons. The first-order chi connectivity index (χ1) is 9.44. The van der Waals surface area contributed by atoms with Gasteiger partial charge < -0.3 is 20.9 Å². The fraction of sp³-hybridized carbons (Fsp3) is 0.400. The molecule has 0 heterocycles. The van der Waals surface area contributed by atoms with E-state index in [4.69, 9.17) is 20.9 Å². The van der Waals surface area contributed by atoms with E-state index in [0.717, 1.165) is 0 Å². The summed E-state index contributed by atoms with van der Waals surface area (Å²) in [6.45, 7) is 0. The van der Waals surface area contributed by atoms with Crippen LogP contribution >= 0.6 is 0 Å². The minimum Gasteiger partial charge on any atom is -0.350 e. The van der Waals surface area contributed by atoms with Crippen molar-refractivity contribution in [2.24, 2.45) is 17.4 Å². The van der Waals surface area contributed by atoms with Gasteiger partial charge in [0.15, 0.2) is 11.6 Å². The number of hydrogen-bond acceptors (Lipinski definition) is 5. The monoisotopic (exact) mass is 276 g/mol. The SMILES string of the molecule is COC1(OC)C=CC(C(=O)c2ccccc2)C(N)(N)C1. The van der Waals surface area contributed by atoms with Crippen LogP contribution in [0.4, 0.5) is 0 Å². The number of nitrogens with two attached hydrogens (primary N) is 2. The molecule has 0 bridgehead atoms. The van der Waals surface area contributed by atoms with Crippen LogP contribution in [0.1, 0.15) is 16.8 Å². The Labute approximate surface area is 118 Å². The quantitative estimate of drug-likeness (QED) is 0.487. The van der Waals surface area contributed by atoms with E-state index in [2.05, 4.69) is 0 Å². The smallest absolute Gasteiger partial charge is 0.190 e. The molecule has 1 aromatic carbocycles. The number of carbonyl (C=O) groups excluding carboxylic acids is 1. The standard InChI is InChI=1S/C15H20N2O3/c1-19-14(20-2)9-8-12(15(16,17)10-14)13(18)11-6-4-3-5-7-11/h3-9,12H,10,16-17H2,1-2H3. The first kappa shape index (κ1) is 14.9. The predicted octanol–water partition coefficient (Wildman–Crippen LogP) is 1.05. The van der Waals surface area contributed by atoms with E-state index < -0.39 is 17.4 Å². The zero-order valence-electron chi connectivity index (χ0n) is 11.7. The minimum absolute atomic E-state index is 0.104. The third kappa shape index (κ3) is 2.66. The molecule has 0 aliphatic heterocycles. The minimum atomic E-state index is -1.23. The number of benzene rings is 1. The van der Waals surface area contributed by atoms with Crippen molar-refractivity contribution in [2.75, 3.05) is 14.2 Å². The van der Waals surface area contributed by atoms with Crippen molar-refractivity contribution < 1.29 is 14.3 Å². The highest BCUT2D eigenvalue weighted by Crippen LogP contribution is 2.34. The topological polar surface area (TPSA) is 87.6 Å². The fourth-order valence-corrected chi connectivity index (χ4v) is 2.49. The summed E-state index contributed by atoms with van der Waals surface area (Å²) in [6, 6.07) is 8.97. The summed E-state index contributed by atoms with van der Waals surface area (Å²) in [6.07, 6.45) is 3.58. The van der Waals surface area contributed by atoms with Crippen molar-refractivity contribution in [2.45, 2.75) is 17.9 Å². The summed E-state index contributed by atoms with van der Waals surface area (Å²) in [7, 11) is 3.03. The van der Waals surface area contributed by atoms with Crippen LogP contribution in [0.5, 0.6) is 0 Å². The lowest BCUT2D eigenvalue weighted by molar-refractivity contribution is -0.188. The van der Waals surface area contributed by atoms with E-state index in [1.807, 2.05) is 18.2 Å². The van der Waals surface area contributed by atoms with E-state index >= 15 is 0 Å². The number of hydrogen-bond donors (Lipinski definition) is 2. The maximum atomic E-state index is 12.5. The van der Waals surface area contributed by atoms with Crippen molar-refractivity contribution in [3.8, 4) is 0 Å². The maximum absolute atomic E-state index is 12.5. The molecule has 5 nitrogen and oxygen atoms in total. The van der Waals surface area contributed by atoms with E-state index in [-0.39, 0.29) is 12.2 Å². The predicted molar refractivity (Wildman–Crippen MR) is 75.9 cm³/mol. The summed E-state index contributed by atoms with van der Waals surface area (Å²) >= 11 is 0. The number of carbonyl (C=O) groups is 1. The molecule has 0 aromatic heterocycles. The summed E-state index contributed by atoms with van der Waals surface area (Å²) < 4.78 is 10.6. The number of ketones is 1. The normalized spacial score (nSPS) is 23.5. The van der Waals surface area contributed by atoms with Gasteiger partial charge in [-0.2, -0.15) is 0 Å². The molecule has 1 aromatic rings. The molecular weight excluding hydrogens is 256 g/mol. The van der Waals surface area contributed by atoms with Crippen LogP contribution in [0.15, 0.2) is 42.5 Å². The third-order valence-electron chi connectivity index (χ3n) is 3.71. The van der Waals surface area contributed by atoms with Crippen LogP contribution in [0.3, 0.4) is 0 Å². The lowest BCUT2D eigenvalue weighted by atomic mass is 9.78. The molecule has 4 N–H and O–H groups in total. The zero-order valence-corrected chi connectivity index (χ0v) is 11.7. The van der Waals surface area contributed by atoms with Crippen LogP contribution < -0.4 is 11.5 Å². The molecule has 0 spiro atoms. The van der Waals surface area contributed by atoms with Gasteiger partial charge in [0.25, 0.3) is 0 Å². The van der Waals surface area contributed by atoms with Crippen molar-refractivity contribution in [3.05, 3.63) is 48.0 Å². The van der Waals surface area contributed by atoms with Gasteiger partial charge in [-0.1, -0.05) is 36.4 Å². The second kappa shape index (κ2) is 5.46. The van der Waals surface area contributed by atoms with Gasteiger partial charge in [0.05, 0.1) is 11.6 Å². The Morgan fingerprint density at radius 3 is 2.30 bits per heavy atom. The molecule has 0 amide bonds. The van der Waals surface area contributed by atoms with E-state index in [9.17, 15) is 4.79 Å². The molecule has 0 saturated heterocycles. The van der Waals surface area contributed by atoms with Gasteiger partial charge >= 0.3 is 0 Å². The molecule has 5 heteroatoms. The molecule has 2 rings (SSSR count). The summed E-state index contributed by atoms with van der Waals surface area (Å²) in [4.78, 5) is 12.5. The van der Waals surface area contributed by atoms with E-state index in [0.29, 0.717) is 5.56 Å². The molecular formula is C15H20N2O3. The Bertz CT molecular complexity index is 507.